The van der Waals surface area contributed by atoms with Crippen LogP contribution in [0.4, 0.5) is 10.5 Å². The van der Waals surface area contributed by atoms with Crippen molar-refractivity contribution in [1.82, 2.24) is 5.32 Å². The van der Waals surface area contributed by atoms with Crippen molar-refractivity contribution in [1.29, 1.82) is 0 Å². The molecule has 25 heavy (non-hydrogen) atoms. The normalized spacial score (nSPS) is 29.7. The van der Waals surface area contributed by atoms with Gasteiger partial charge in [-0.25, -0.2) is 4.79 Å². The van der Waals surface area contributed by atoms with Crippen molar-refractivity contribution in [3.05, 3.63) is 41.5 Å². The molecular formula is C21H28N2O2. The lowest BCUT2D eigenvalue weighted by Gasteiger charge is -2.42. The molecule has 1 aromatic rings. The molecule has 0 heterocycles. The average molecular weight is 340 g/mol. The van der Waals surface area contributed by atoms with Gasteiger partial charge >= 0.3 is 6.09 Å². The van der Waals surface area contributed by atoms with Crippen molar-refractivity contribution < 1.29 is 9.53 Å². The molecule has 134 valence electrons. The van der Waals surface area contributed by atoms with Gasteiger partial charge in [-0.3, -0.25) is 5.32 Å². The molecule has 0 spiro atoms. The number of carbonyl (C=O) groups excluding carboxylic acids is 1. The van der Waals surface area contributed by atoms with E-state index in [1.807, 2.05) is 26.8 Å². The van der Waals surface area contributed by atoms with Gasteiger partial charge in [-0.15, -0.1) is 0 Å². The summed E-state index contributed by atoms with van der Waals surface area (Å²) in [6.07, 6.45) is 9.12. The molecule has 4 heteroatoms. The van der Waals surface area contributed by atoms with Crippen LogP contribution in [0.15, 0.2) is 30.4 Å². The predicted molar refractivity (Wildman–Crippen MR) is 99.6 cm³/mol. The summed E-state index contributed by atoms with van der Waals surface area (Å²) in [5.41, 5.74) is 3.06. The molecule has 4 atom stereocenters. The molecule has 1 saturated carbocycles. The second-order valence-electron chi connectivity index (χ2n) is 8.64. The number of allylic oxidation sites excluding steroid dienone is 1. The summed E-state index contributed by atoms with van der Waals surface area (Å²) in [5, 5.41) is 6.72. The molecule has 2 N–H and O–H groups in total. The SMILES string of the molecule is CC(C)(C)OC(=O)Nc1ccc2c(c1)CCC2NC1CC2CC=CC21. The monoisotopic (exact) mass is 340 g/mol. The minimum atomic E-state index is -0.481. The van der Waals surface area contributed by atoms with Gasteiger partial charge < -0.3 is 10.1 Å². The summed E-state index contributed by atoms with van der Waals surface area (Å²) in [6.45, 7) is 5.61. The van der Waals surface area contributed by atoms with Crippen molar-refractivity contribution >= 4 is 11.8 Å². The number of hydrogen-bond acceptors (Lipinski definition) is 3. The Morgan fingerprint density at radius 2 is 2.12 bits per heavy atom. The highest BCUT2D eigenvalue weighted by atomic mass is 16.6. The van der Waals surface area contributed by atoms with Crippen molar-refractivity contribution in [2.45, 2.75) is 64.1 Å². The lowest BCUT2D eigenvalue weighted by molar-refractivity contribution is 0.0636. The Morgan fingerprint density at radius 3 is 2.88 bits per heavy atom. The smallest absolute Gasteiger partial charge is 0.412 e. The number of carbonyl (C=O) groups is 1. The lowest BCUT2D eigenvalue weighted by Crippen LogP contribution is -2.48. The van der Waals surface area contributed by atoms with Crippen LogP contribution in [0.2, 0.25) is 0 Å². The minimum absolute atomic E-state index is 0.395. The third kappa shape index (κ3) is 3.45. The van der Waals surface area contributed by atoms with Gasteiger partial charge in [0.2, 0.25) is 0 Å². The maximum absolute atomic E-state index is 11.9. The Balaban J connectivity index is 1.38. The quantitative estimate of drug-likeness (QED) is 0.792. The van der Waals surface area contributed by atoms with Crippen LogP contribution >= 0.6 is 0 Å². The Labute approximate surface area is 150 Å². The molecule has 0 bridgehead atoms. The van der Waals surface area contributed by atoms with Crippen molar-refractivity contribution in [3.8, 4) is 0 Å². The fraction of sp³-hybridized carbons (Fsp3) is 0.571. The lowest BCUT2D eigenvalue weighted by atomic mass is 9.71. The summed E-state index contributed by atoms with van der Waals surface area (Å²) in [5.74, 6) is 1.64. The van der Waals surface area contributed by atoms with Crippen LogP contribution in [0.5, 0.6) is 0 Å². The summed E-state index contributed by atoms with van der Waals surface area (Å²) in [6, 6.07) is 7.33. The van der Waals surface area contributed by atoms with E-state index in [4.69, 9.17) is 4.74 Å². The molecule has 1 fully saturated rings. The van der Waals surface area contributed by atoms with E-state index in [-0.39, 0.29) is 0 Å². The highest BCUT2D eigenvalue weighted by Crippen LogP contribution is 2.44. The molecule has 1 amide bonds. The van der Waals surface area contributed by atoms with Gasteiger partial charge in [0.1, 0.15) is 5.60 Å². The first kappa shape index (κ1) is 16.6. The second-order valence-corrected chi connectivity index (χ2v) is 8.64. The largest absolute Gasteiger partial charge is 0.444 e. The van der Waals surface area contributed by atoms with E-state index < -0.39 is 11.7 Å². The van der Waals surface area contributed by atoms with Crippen LogP contribution < -0.4 is 10.6 Å². The van der Waals surface area contributed by atoms with Crippen LogP contribution in [-0.2, 0) is 11.2 Å². The molecule has 0 saturated heterocycles. The van der Waals surface area contributed by atoms with Gasteiger partial charge in [0, 0.05) is 17.8 Å². The summed E-state index contributed by atoms with van der Waals surface area (Å²) in [4.78, 5) is 11.9. The van der Waals surface area contributed by atoms with E-state index in [9.17, 15) is 4.79 Å². The molecule has 1 aromatic carbocycles. The minimum Gasteiger partial charge on any atom is -0.444 e. The van der Waals surface area contributed by atoms with Crippen LogP contribution in [0.3, 0.4) is 0 Å². The van der Waals surface area contributed by atoms with Gasteiger partial charge in [0.05, 0.1) is 0 Å². The molecule has 3 aliphatic rings. The maximum Gasteiger partial charge on any atom is 0.412 e. The first-order valence-electron chi connectivity index (χ1n) is 9.44. The van der Waals surface area contributed by atoms with Gasteiger partial charge in [0.15, 0.2) is 0 Å². The third-order valence-electron chi connectivity index (χ3n) is 5.64. The number of hydrogen-bond donors (Lipinski definition) is 2. The van der Waals surface area contributed by atoms with E-state index in [1.165, 1.54) is 24.0 Å². The van der Waals surface area contributed by atoms with Crippen molar-refractivity contribution in [2.24, 2.45) is 11.8 Å². The molecule has 0 aromatic heterocycles. The van der Waals surface area contributed by atoms with Crippen LogP contribution in [-0.4, -0.2) is 17.7 Å². The molecule has 0 radical (unpaired) electrons. The van der Waals surface area contributed by atoms with E-state index >= 15 is 0 Å². The molecule has 4 unspecified atom stereocenters. The zero-order chi connectivity index (χ0) is 17.6. The van der Waals surface area contributed by atoms with E-state index in [0.717, 1.165) is 30.4 Å². The van der Waals surface area contributed by atoms with Gasteiger partial charge in [-0.05, 0) is 81.5 Å². The van der Waals surface area contributed by atoms with Crippen LogP contribution in [0.25, 0.3) is 0 Å². The van der Waals surface area contributed by atoms with E-state index in [1.54, 1.807) is 0 Å². The summed E-state index contributed by atoms with van der Waals surface area (Å²) < 4.78 is 5.33. The Morgan fingerprint density at radius 1 is 1.28 bits per heavy atom. The zero-order valence-electron chi connectivity index (χ0n) is 15.3. The number of amides is 1. The Hall–Kier alpha value is -1.81. The highest BCUT2D eigenvalue weighted by Gasteiger charge is 2.42. The van der Waals surface area contributed by atoms with E-state index in [0.29, 0.717) is 12.1 Å². The maximum atomic E-state index is 11.9. The molecule has 4 rings (SSSR count). The number of benzene rings is 1. The van der Waals surface area contributed by atoms with E-state index in [2.05, 4.69) is 34.9 Å². The number of anilines is 1. The highest BCUT2D eigenvalue weighted by molar-refractivity contribution is 5.85. The van der Waals surface area contributed by atoms with Crippen LogP contribution in [0, 0.1) is 11.8 Å². The van der Waals surface area contributed by atoms with Gasteiger partial charge in [-0.2, -0.15) is 0 Å². The Bertz CT molecular complexity index is 704. The molecule has 4 nitrogen and oxygen atoms in total. The fourth-order valence-electron chi connectivity index (χ4n) is 4.46. The van der Waals surface area contributed by atoms with Gasteiger partial charge in [0.25, 0.3) is 0 Å². The molecule has 0 aliphatic heterocycles. The molecular weight excluding hydrogens is 312 g/mol. The average Bonchev–Trinajstić information content (AvgIpc) is 3.06. The van der Waals surface area contributed by atoms with Crippen LogP contribution in [0.1, 0.15) is 57.2 Å². The number of nitrogens with one attached hydrogen (secondary N) is 2. The summed E-state index contributed by atoms with van der Waals surface area (Å²) >= 11 is 0. The Kier molecular flexibility index (Phi) is 4.11. The van der Waals surface area contributed by atoms with Crippen molar-refractivity contribution in [3.63, 3.8) is 0 Å². The topological polar surface area (TPSA) is 50.4 Å². The third-order valence-corrected chi connectivity index (χ3v) is 5.64. The van der Waals surface area contributed by atoms with Gasteiger partial charge in [-0.1, -0.05) is 18.2 Å². The predicted octanol–water partition coefficient (Wildman–Crippen LogP) is 4.58. The van der Waals surface area contributed by atoms with Crippen molar-refractivity contribution in [2.75, 3.05) is 5.32 Å². The first-order chi connectivity index (χ1) is 11.9. The number of fused-ring (bicyclic) bond motifs is 2. The first-order valence-corrected chi connectivity index (χ1v) is 9.44. The number of ether oxygens (including phenoxy) is 1. The molecule has 3 aliphatic carbocycles. The summed E-state index contributed by atoms with van der Waals surface area (Å²) in [7, 11) is 0. The fourth-order valence-corrected chi connectivity index (χ4v) is 4.46. The number of aryl methyl sites for hydroxylation is 1. The zero-order valence-corrected chi connectivity index (χ0v) is 15.3. The standard InChI is InChI=1S/C21H28N2O2/c1-21(2,3)25-20(24)22-15-8-9-17-14(11-15)7-10-18(17)23-19-12-13-5-4-6-16(13)19/h4,6,8-9,11,13,16,18-19,23H,5,7,10,12H2,1-3H3,(H,22,24). The second kappa shape index (κ2) is 6.17. The number of rotatable bonds is 3.